The van der Waals surface area contributed by atoms with Crippen molar-refractivity contribution >= 4 is 5.91 Å². The summed E-state index contributed by atoms with van der Waals surface area (Å²) in [7, 11) is 0. The molecule has 2 aliphatic rings. The third-order valence-corrected chi connectivity index (χ3v) is 5.16. The van der Waals surface area contributed by atoms with Crippen LogP contribution in [-0.4, -0.2) is 39.8 Å². The Labute approximate surface area is 146 Å². The number of ether oxygens (including phenoxy) is 1. The number of amides is 1. The highest BCUT2D eigenvalue weighted by atomic mass is 19.1. The predicted octanol–water partition coefficient (Wildman–Crippen LogP) is 2.44. The first kappa shape index (κ1) is 16.1. The van der Waals surface area contributed by atoms with E-state index in [2.05, 4.69) is 12.0 Å². The molecule has 132 valence electrons. The summed E-state index contributed by atoms with van der Waals surface area (Å²) in [5.74, 6) is 0.628. The molecule has 0 saturated carbocycles. The van der Waals surface area contributed by atoms with Gasteiger partial charge in [-0.2, -0.15) is 5.10 Å². The topological polar surface area (TPSA) is 47.4 Å². The Morgan fingerprint density at radius 3 is 2.80 bits per heavy atom. The number of aromatic nitrogens is 2. The van der Waals surface area contributed by atoms with Crippen molar-refractivity contribution in [3.05, 3.63) is 47.5 Å². The highest BCUT2D eigenvalue weighted by molar-refractivity contribution is 5.80. The molecule has 2 heterocycles. The van der Waals surface area contributed by atoms with Gasteiger partial charge in [0.05, 0.1) is 19.3 Å². The van der Waals surface area contributed by atoms with E-state index < -0.39 is 0 Å². The standard InChI is InChI=1S/C19H22FN3O2/c1-2-23-18-9-13(3-4-14(18)10-21-23)19(24)22-11-17(12-22)25-16-7-5-15(20)6-8-16/h5-8,10,13,17H,2-4,9,11-12H2,1H3. The number of carbonyl (C=O) groups excluding carboxylic acids is 1. The lowest BCUT2D eigenvalue weighted by molar-refractivity contribution is -0.144. The van der Waals surface area contributed by atoms with E-state index >= 15 is 0 Å². The number of hydrogen-bond donors (Lipinski definition) is 0. The number of likely N-dealkylation sites (tertiary alicyclic amines) is 1. The van der Waals surface area contributed by atoms with Gasteiger partial charge in [0.25, 0.3) is 0 Å². The molecule has 0 radical (unpaired) electrons. The van der Waals surface area contributed by atoms with E-state index in [9.17, 15) is 9.18 Å². The van der Waals surface area contributed by atoms with E-state index in [1.807, 2.05) is 15.8 Å². The van der Waals surface area contributed by atoms with Gasteiger partial charge in [-0.25, -0.2) is 4.39 Å². The van der Waals surface area contributed by atoms with E-state index in [0.717, 1.165) is 25.8 Å². The van der Waals surface area contributed by atoms with Gasteiger partial charge in [0.2, 0.25) is 5.91 Å². The Morgan fingerprint density at radius 2 is 2.08 bits per heavy atom. The van der Waals surface area contributed by atoms with E-state index in [0.29, 0.717) is 18.8 Å². The molecule has 1 aliphatic carbocycles. The van der Waals surface area contributed by atoms with Crippen LogP contribution in [0.2, 0.25) is 0 Å². The maximum Gasteiger partial charge on any atom is 0.226 e. The first-order valence-corrected chi connectivity index (χ1v) is 8.88. The average Bonchev–Trinajstić information content (AvgIpc) is 3.01. The van der Waals surface area contributed by atoms with Gasteiger partial charge >= 0.3 is 0 Å². The number of halogens is 1. The second-order valence-corrected chi connectivity index (χ2v) is 6.81. The van der Waals surface area contributed by atoms with Crippen LogP contribution in [-0.2, 0) is 24.2 Å². The van der Waals surface area contributed by atoms with Crippen LogP contribution in [0.5, 0.6) is 5.75 Å². The Kier molecular flexibility index (Phi) is 4.19. The summed E-state index contributed by atoms with van der Waals surface area (Å²) in [5.41, 5.74) is 2.50. The molecule has 1 fully saturated rings. The van der Waals surface area contributed by atoms with E-state index in [-0.39, 0.29) is 23.7 Å². The average molecular weight is 343 g/mol. The number of nitrogens with zero attached hydrogens (tertiary/aromatic N) is 3. The second-order valence-electron chi connectivity index (χ2n) is 6.81. The third kappa shape index (κ3) is 3.13. The minimum absolute atomic E-state index is 0.00488. The molecule has 2 aromatic rings. The van der Waals surface area contributed by atoms with E-state index in [1.54, 1.807) is 12.1 Å². The van der Waals surface area contributed by atoms with Gasteiger partial charge in [0.1, 0.15) is 17.7 Å². The van der Waals surface area contributed by atoms with Crippen molar-refractivity contribution in [1.82, 2.24) is 14.7 Å². The van der Waals surface area contributed by atoms with E-state index in [4.69, 9.17) is 4.74 Å². The van der Waals surface area contributed by atoms with Gasteiger partial charge in [-0.1, -0.05) is 0 Å². The number of carbonyl (C=O) groups is 1. The molecule has 5 nitrogen and oxygen atoms in total. The molecule has 1 unspecified atom stereocenters. The highest BCUT2D eigenvalue weighted by Crippen LogP contribution is 2.29. The molecule has 1 amide bonds. The minimum atomic E-state index is -0.277. The Balaban J connectivity index is 1.32. The lowest BCUT2D eigenvalue weighted by atomic mass is 9.86. The smallest absolute Gasteiger partial charge is 0.226 e. The normalized spacial score (nSPS) is 20.1. The zero-order valence-electron chi connectivity index (χ0n) is 14.3. The van der Waals surface area contributed by atoms with Crippen LogP contribution in [0.3, 0.4) is 0 Å². The fourth-order valence-corrected chi connectivity index (χ4v) is 3.70. The first-order valence-electron chi connectivity index (χ1n) is 8.88. The number of benzene rings is 1. The molecule has 1 aliphatic heterocycles. The lowest BCUT2D eigenvalue weighted by Gasteiger charge is -2.41. The van der Waals surface area contributed by atoms with Gasteiger partial charge in [-0.15, -0.1) is 0 Å². The molecule has 1 aromatic heterocycles. The molecule has 6 heteroatoms. The van der Waals surface area contributed by atoms with Crippen molar-refractivity contribution in [2.24, 2.45) is 5.92 Å². The van der Waals surface area contributed by atoms with Crippen LogP contribution in [0.4, 0.5) is 4.39 Å². The quantitative estimate of drug-likeness (QED) is 0.857. The predicted molar refractivity (Wildman–Crippen MR) is 90.8 cm³/mol. The van der Waals surface area contributed by atoms with Gasteiger partial charge in [0, 0.05) is 24.6 Å². The fraction of sp³-hybridized carbons (Fsp3) is 0.474. The number of fused-ring (bicyclic) bond motifs is 1. The van der Waals surface area contributed by atoms with Crippen molar-refractivity contribution in [3.63, 3.8) is 0 Å². The monoisotopic (exact) mass is 343 g/mol. The summed E-state index contributed by atoms with van der Waals surface area (Å²) in [6.07, 6.45) is 4.53. The molecule has 1 aromatic carbocycles. The highest BCUT2D eigenvalue weighted by Gasteiger charge is 2.37. The summed E-state index contributed by atoms with van der Waals surface area (Å²) in [4.78, 5) is 14.6. The van der Waals surface area contributed by atoms with Gasteiger partial charge in [-0.3, -0.25) is 9.48 Å². The van der Waals surface area contributed by atoms with E-state index in [1.165, 1.54) is 23.4 Å². The molecule has 0 N–H and O–H groups in total. The van der Waals surface area contributed by atoms with Crippen LogP contribution < -0.4 is 4.74 Å². The molecular weight excluding hydrogens is 321 g/mol. The molecule has 25 heavy (non-hydrogen) atoms. The second kappa shape index (κ2) is 6.50. The van der Waals surface area contributed by atoms with Crippen LogP contribution in [0.25, 0.3) is 0 Å². The number of aryl methyl sites for hydroxylation is 2. The molecule has 1 saturated heterocycles. The molecular formula is C19H22FN3O2. The summed E-state index contributed by atoms with van der Waals surface area (Å²) in [6.45, 7) is 4.12. The number of hydrogen-bond acceptors (Lipinski definition) is 3. The number of rotatable bonds is 4. The Hall–Kier alpha value is -2.37. The SMILES string of the molecule is CCn1ncc2c1CC(C(=O)N1CC(Oc3ccc(F)cc3)C1)CC2. The third-order valence-electron chi connectivity index (χ3n) is 5.16. The maximum atomic E-state index is 12.9. The maximum absolute atomic E-state index is 12.9. The first-order chi connectivity index (χ1) is 12.1. The molecule has 0 bridgehead atoms. The summed E-state index contributed by atoms with van der Waals surface area (Å²) < 4.78 is 20.7. The van der Waals surface area contributed by atoms with Crippen molar-refractivity contribution in [2.75, 3.05) is 13.1 Å². The van der Waals surface area contributed by atoms with Gasteiger partial charge in [0.15, 0.2) is 0 Å². The molecule has 0 spiro atoms. The largest absolute Gasteiger partial charge is 0.487 e. The van der Waals surface area contributed by atoms with Gasteiger partial charge in [-0.05, 0) is 49.6 Å². The summed E-state index contributed by atoms with van der Waals surface area (Å²) in [5, 5.41) is 4.40. The Morgan fingerprint density at radius 1 is 1.32 bits per heavy atom. The van der Waals surface area contributed by atoms with Crippen molar-refractivity contribution < 1.29 is 13.9 Å². The summed E-state index contributed by atoms with van der Waals surface area (Å²) in [6, 6.07) is 6.00. The molecule has 4 rings (SSSR count). The van der Waals surface area contributed by atoms with Crippen molar-refractivity contribution in [3.8, 4) is 5.75 Å². The fourth-order valence-electron chi connectivity index (χ4n) is 3.70. The van der Waals surface area contributed by atoms with Crippen LogP contribution in [0.15, 0.2) is 30.5 Å². The van der Waals surface area contributed by atoms with Crippen molar-refractivity contribution in [2.45, 2.75) is 38.8 Å². The minimum Gasteiger partial charge on any atom is -0.487 e. The van der Waals surface area contributed by atoms with Crippen LogP contribution in [0, 0.1) is 11.7 Å². The van der Waals surface area contributed by atoms with Gasteiger partial charge < -0.3 is 9.64 Å². The summed E-state index contributed by atoms with van der Waals surface area (Å²) >= 11 is 0. The molecule has 1 atom stereocenters. The lowest BCUT2D eigenvalue weighted by Crippen LogP contribution is -2.58. The van der Waals surface area contributed by atoms with Crippen molar-refractivity contribution in [1.29, 1.82) is 0 Å². The van der Waals surface area contributed by atoms with Crippen LogP contribution >= 0.6 is 0 Å². The Bertz CT molecular complexity index is 752. The van der Waals surface area contributed by atoms with Crippen LogP contribution in [0.1, 0.15) is 24.6 Å². The zero-order chi connectivity index (χ0) is 17.4. The zero-order valence-corrected chi connectivity index (χ0v) is 14.3.